The Labute approximate surface area is 176 Å². The maximum absolute atomic E-state index is 13.8. The summed E-state index contributed by atoms with van der Waals surface area (Å²) in [5, 5.41) is 4.17. The Kier molecular flexibility index (Phi) is 5.62. The van der Waals surface area contributed by atoms with Gasteiger partial charge in [0, 0.05) is 17.5 Å². The van der Waals surface area contributed by atoms with Gasteiger partial charge in [-0.3, -0.25) is 4.79 Å². The van der Waals surface area contributed by atoms with Crippen molar-refractivity contribution in [3.05, 3.63) is 88.4 Å². The summed E-state index contributed by atoms with van der Waals surface area (Å²) in [5.41, 5.74) is 3.96. The minimum Gasteiger partial charge on any atom is -0.453 e. The number of carbonyl (C=O) groups excluding carboxylic acids is 2. The molecule has 0 spiro atoms. The second kappa shape index (κ2) is 8.51. The third-order valence-corrected chi connectivity index (χ3v) is 4.95. The molecule has 4 rings (SSSR count). The number of ether oxygens (including phenoxy) is 1. The first kappa shape index (κ1) is 20.5. The summed E-state index contributed by atoms with van der Waals surface area (Å²) in [4.78, 5) is 24.8. The van der Waals surface area contributed by atoms with Gasteiger partial charge in [0.2, 0.25) is 5.76 Å². The number of aryl methyl sites for hydroxylation is 1. The zero-order valence-corrected chi connectivity index (χ0v) is 16.6. The van der Waals surface area contributed by atoms with Crippen molar-refractivity contribution in [1.82, 2.24) is 5.43 Å². The topological polar surface area (TPSA) is 80.9 Å². The Balaban J connectivity index is 1.57. The van der Waals surface area contributed by atoms with Crippen LogP contribution in [0.15, 0.2) is 58.0 Å². The Bertz CT molecular complexity index is 1180. The van der Waals surface area contributed by atoms with E-state index in [2.05, 4.69) is 10.5 Å². The van der Waals surface area contributed by atoms with Gasteiger partial charge in [-0.2, -0.15) is 5.10 Å². The molecule has 1 aliphatic carbocycles. The highest BCUT2D eigenvalue weighted by atomic mass is 19.1. The van der Waals surface area contributed by atoms with Crippen molar-refractivity contribution in [3.8, 4) is 5.75 Å². The van der Waals surface area contributed by atoms with Gasteiger partial charge in [-0.15, -0.1) is 0 Å². The molecule has 6 nitrogen and oxygen atoms in total. The number of halogens is 2. The van der Waals surface area contributed by atoms with Gasteiger partial charge in [-0.25, -0.2) is 19.0 Å². The van der Waals surface area contributed by atoms with Crippen molar-refractivity contribution in [3.63, 3.8) is 0 Å². The fourth-order valence-corrected chi connectivity index (χ4v) is 3.45. The lowest BCUT2D eigenvalue weighted by Gasteiger charge is -2.13. The Hall–Kier alpha value is -3.81. The quantitative estimate of drug-likeness (QED) is 0.378. The van der Waals surface area contributed by atoms with E-state index in [0.717, 1.165) is 0 Å². The average Bonchev–Trinajstić information content (AvgIpc) is 3.11. The minimum absolute atomic E-state index is 0.0179. The van der Waals surface area contributed by atoms with Crippen LogP contribution in [0.5, 0.6) is 5.75 Å². The van der Waals surface area contributed by atoms with Crippen molar-refractivity contribution in [2.24, 2.45) is 5.10 Å². The third kappa shape index (κ3) is 4.23. The van der Waals surface area contributed by atoms with Crippen LogP contribution in [0, 0.1) is 18.6 Å². The average molecular weight is 424 g/mol. The Morgan fingerprint density at radius 3 is 2.55 bits per heavy atom. The summed E-state index contributed by atoms with van der Waals surface area (Å²) in [5.74, 6) is -1.70. The van der Waals surface area contributed by atoms with E-state index in [4.69, 9.17) is 9.15 Å². The molecule has 1 aromatic heterocycles. The first-order valence-electron chi connectivity index (χ1n) is 9.66. The number of nitrogens with one attached hydrogen (secondary N) is 1. The van der Waals surface area contributed by atoms with Crippen LogP contribution in [0.3, 0.4) is 0 Å². The number of carbonyl (C=O) groups is 2. The second-order valence-electron chi connectivity index (χ2n) is 7.03. The van der Waals surface area contributed by atoms with Crippen LogP contribution < -0.4 is 10.2 Å². The van der Waals surface area contributed by atoms with Gasteiger partial charge in [0.05, 0.1) is 11.3 Å². The minimum atomic E-state index is -0.715. The first-order chi connectivity index (χ1) is 14.9. The number of benzene rings is 2. The van der Waals surface area contributed by atoms with E-state index >= 15 is 0 Å². The molecule has 8 heteroatoms. The van der Waals surface area contributed by atoms with E-state index in [0.29, 0.717) is 41.9 Å². The summed E-state index contributed by atoms with van der Waals surface area (Å²) in [6.07, 6.45) is 1.86. The molecule has 3 aromatic rings. The SMILES string of the molecule is Cc1c(C(=O)Oc2ccc(F)cc2)oc2c1/C(=N/NC(=O)c1ccccc1F)CCC2. The molecule has 0 aliphatic heterocycles. The van der Waals surface area contributed by atoms with Gasteiger partial charge >= 0.3 is 5.97 Å². The largest absolute Gasteiger partial charge is 0.453 e. The van der Waals surface area contributed by atoms with E-state index in [1.807, 2.05) is 0 Å². The third-order valence-electron chi connectivity index (χ3n) is 4.95. The number of furan rings is 1. The van der Waals surface area contributed by atoms with Crippen LogP contribution in [0.1, 0.15) is 50.6 Å². The zero-order valence-electron chi connectivity index (χ0n) is 16.6. The van der Waals surface area contributed by atoms with Crippen molar-refractivity contribution in [2.75, 3.05) is 0 Å². The number of rotatable bonds is 4. The van der Waals surface area contributed by atoms with Crippen molar-refractivity contribution in [1.29, 1.82) is 0 Å². The number of esters is 1. The second-order valence-corrected chi connectivity index (χ2v) is 7.03. The summed E-state index contributed by atoms with van der Waals surface area (Å²) >= 11 is 0. The number of nitrogens with zero attached hydrogens (tertiary/aromatic N) is 1. The molecule has 158 valence electrons. The van der Waals surface area contributed by atoms with E-state index in [-0.39, 0.29) is 17.1 Å². The molecule has 0 saturated heterocycles. The number of fused-ring (bicyclic) bond motifs is 1. The maximum Gasteiger partial charge on any atom is 0.379 e. The molecule has 31 heavy (non-hydrogen) atoms. The smallest absolute Gasteiger partial charge is 0.379 e. The molecule has 1 heterocycles. The van der Waals surface area contributed by atoms with E-state index in [9.17, 15) is 18.4 Å². The summed E-state index contributed by atoms with van der Waals surface area (Å²) in [6.45, 7) is 1.70. The van der Waals surface area contributed by atoms with Crippen LogP contribution >= 0.6 is 0 Å². The van der Waals surface area contributed by atoms with Gasteiger partial charge in [0.1, 0.15) is 23.1 Å². The van der Waals surface area contributed by atoms with Crippen LogP contribution in [0.2, 0.25) is 0 Å². The Morgan fingerprint density at radius 1 is 1.06 bits per heavy atom. The van der Waals surface area contributed by atoms with Gasteiger partial charge < -0.3 is 9.15 Å². The molecular formula is C23H18F2N2O4. The van der Waals surface area contributed by atoms with Gasteiger partial charge in [0.15, 0.2) is 0 Å². The van der Waals surface area contributed by atoms with E-state index in [1.54, 1.807) is 13.0 Å². The molecule has 0 atom stereocenters. The van der Waals surface area contributed by atoms with E-state index in [1.165, 1.54) is 42.5 Å². The number of hydrogen-bond donors (Lipinski definition) is 1. The fraction of sp³-hybridized carbons (Fsp3) is 0.174. The lowest BCUT2D eigenvalue weighted by molar-refractivity contribution is 0.0698. The highest BCUT2D eigenvalue weighted by Crippen LogP contribution is 2.30. The van der Waals surface area contributed by atoms with Crippen LogP contribution in [-0.2, 0) is 6.42 Å². The number of amides is 1. The lowest BCUT2D eigenvalue weighted by Crippen LogP contribution is -2.23. The highest BCUT2D eigenvalue weighted by molar-refractivity contribution is 6.06. The predicted octanol–water partition coefficient (Wildman–Crippen LogP) is 4.56. The van der Waals surface area contributed by atoms with Crippen molar-refractivity contribution in [2.45, 2.75) is 26.2 Å². The van der Waals surface area contributed by atoms with Crippen LogP contribution in [-0.4, -0.2) is 17.6 Å². The normalized spacial score (nSPS) is 14.2. The maximum atomic E-state index is 13.8. The Morgan fingerprint density at radius 2 is 1.81 bits per heavy atom. The van der Waals surface area contributed by atoms with E-state index < -0.39 is 23.5 Å². The summed E-state index contributed by atoms with van der Waals surface area (Å²) < 4.78 is 37.9. The molecule has 1 N–H and O–H groups in total. The lowest BCUT2D eigenvalue weighted by atomic mass is 9.93. The molecular weight excluding hydrogens is 406 g/mol. The number of hydrogen-bond acceptors (Lipinski definition) is 5. The first-order valence-corrected chi connectivity index (χ1v) is 9.66. The van der Waals surface area contributed by atoms with Crippen molar-refractivity contribution >= 4 is 17.6 Å². The zero-order chi connectivity index (χ0) is 22.0. The molecule has 1 amide bonds. The van der Waals surface area contributed by atoms with Crippen molar-refractivity contribution < 1.29 is 27.5 Å². The van der Waals surface area contributed by atoms with Gasteiger partial charge in [0.25, 0.3) is 5.91 Å². The molecule has 2 aromatic carbocycles. The molecule has 0 unspecified atom stereocenters. The van der Waals surface area contributed by atoms with Crippen LogP contribution in [0.4, 0.5) is 8.78 Å². The molecule has 0 bridgehead atoms. The highest BCUT2D eigenvalue weighted by Gasteiger charge is 2.29. The molecule has 0 fully saturated rings. The molecule has 0 saturated carbocycles. The predicted molar refractivity (Wildman–Crippen MR) is 108 cm³/mol. The van der Waals surface area contributed by atoms with Crippen LogP contribution in [0.25, 0.3) is 0 Å². The standard InChI is InChI=1S/C23H18F2N2O4/c1-13-20-18(26-27-22(28)16-5-2-3-6-17(16)25)7-4-8-19(20)31-21(13)23(29)30-15-11-9-14(24)10-12-15/h2-3,5-6,9-12H,4,7-8H2,1H3,(H,27,28)/b26-18+. The fourth-order valence-electron chi connectivity index (χ4n) is 3.45. The van der Waals surface area contributed by atoms with Gasteiger partial charge in [-0.1, -0.05) is 12.1 Å². The monoisotopic (exact) mass is 424 g/mol. The number of hydrazone groups is 1. The summed E-state index contributed by atoms with van der Waals surface area (Å²) in [7, 11) is 0. The van der Waals surface area contributed by atoms with Gasteiger partial charge in [-0.05, 0) is 56.2 Å². The summed E-state index contributed by atoms with van der Waals surface area (Å²) in [6, 6.07) is 10.7. The molecule has 0 radical (unpaired) electrons. The molecule has 1 aliphatic rings.